The van der Waals surface area contributed by atoms with Crippen LogP contribution in [-0.2, 0) is 11.3 Å². The highest BCUT2D eigenvalue weighted by molar-refractivity contribution is 9.10. The zero-order valence-electron chi connectivity index (χ0n) is 15.8. The van der Waals surface area contributed by atoms with Gasteiger partial charge in [0.15, 0.2) is 17.6 Å². The van der Waals surface area contributed by atoms with E-state index in [4.69, 9.17) is 14.0 Å². The van der Waals surface area contributed by atoms with Crippen molar-refractivity contribution in [1.29, 1.82) is 0 Å². The number of benzene rings is 2. The first-order valence-electron chi connectivity index (χ1n) is 8.61. The van der Waals surface area contributed by atoms with Crippen molar-refractivity contribution < 1.29 is 18.8 Å². The van der Waals surface area contributed by atoms with Gasteiger partial charge in [-0.25, -0.2) is 0 Å². The summed E-state index contributed by atoms with van der Waals surface area (Å²) in [6.45, 7) is 1.87. The Kier molecular flexibility index (Phi) is 6.30. The van der Waals surface area contributed by atoms with Gasteiger partial charge in [-0.3, -0.25) is 4.79 Å². The van der Waals surface area contributed by atoms with E-state index in [2.05, 4.69) is 26.1 Å². The van der Waals surface area contributed by atoms with Gasteiger partial charge in [-0.1, -0.05) is 45.4 Å². The highest BCUT2D eigenvalue weighted by atomic mass is 79.9. The highest BCUT2D eigenvalue weighted by Crippen LogP contribution is 2.27. The molecule has 8 heteroatoms. The molecule has 0 aliphatic heterocycles. The van der Waals surface area contributed by atoms with E-state index in [9.17, 15) is 4.79 Å². The lowest BCUT2D eigenvalue weighted by Gasteiger charge is -2.21. The van der Waals surface area contributed by atoms with Gasteiger partial charge in [0.05, 0.1) is 13.7 Å². The van der Waals surface area contributed by atoms with Gasteiger partial charge in [0, 0.05) is 17.1 Å². The highest BCUT2D eigenvalue weighted by Gasteiger charge is 2.22. The molecule has 3 rings (SSSR count). The second kappa shape index (κ2) is 8.88. The van der Waals surface area contributed by atoms with Gasteiger partial charge in [0.1, 0.15) is 0 Å². The number of amides is 1. The predicted octanol–water partition coefficient (Wildman–Crippen LogP) is 3.93. The Morgan fingerprint density at radius 3 is 2.68 bits per heavy atom. The number of likely N-dealkylation sites (N-methyl/N-ethyl adjacent to an activating group) is 1. The molecule has 3 aromatic rings. The molecule has 1 aromatic heterocycles. The lowest BCUT2D eigenvalue weighted by atomic mass is 10.2. The van der Waals surface area contributed by atoms with Crippen molar-refractivity contribution in [2.45, 2.75) is 19.6 Å². The predicted molar refractivity (Wildman–Crippen MR) is 107 cm³/mol. The van der Waals surface area contributed by atoms with Gasteiger partial charge >= 0.3 is 0 Å². The first-order chi connectivity index (χ1) is 13.5. The number of hydrogen-bond acceptors (Lipinski definition) is 6. The molecule has 1 heterocycles. The van der Waals surface area contributed by atoms with Crippen LogP contribution in [0, 0.1) is 0 Å². The third-order valence-electron chi connectivity index (χ3n) is 4.02. The van der Waals surface area contributed by atoms with Crippen LogP contribution in [0.5, 0.6) is 11.5 Å². The summed E-state index contributed by atoms with van der Waals surface area (Å²) >= 11 is 3.42. The van der Waals surface area contributed by atoms with Crippen molar-refractivity contribution >= 4 is 21.8 Å². The van der Waals surface area contributed by atoms with Gasteiger partial charge < -0.3 is 18.9 Å². The number of rotatable bonds is 7. The molecule has 28 heavy (non-hydrogen) atoms. The molecule has 0 fully saturated rings. The normalized spacial score (nSPS) is 11.7. The Morgan fingerprint density at radius 2 is 1.96 bits per heavy atom. The van der Waals surface area contributed by atoms with Crippen molar-refractivity contribution in [3.63, 3.8) is 0 Å². The van der Waals surface area contributed by atoms with Crippen LogP contribution in [0.25, 0.3) is 11.4 Å². The summed E-state index contributed by atoms with van der Waals surface area (Å²) in [6, 6.07) is 14.8. The molecule has 1 amide bonds. The molecule has 0 radical (unpaired) electrons. The first kappa shape index (κ1) is 19.9. The van der Waals surface area contributed by atoms with E-state index < -0.39 is 6.10 Å². The third-order valence-corrected chi connectivity index (χ3v) is 4.51. The lowest BCUT2D eigenvalue weighted by molar-refractivity contribution is -0.137. The number of nitrogens with zero attached hydrogens (tertiary/aromatic N) is 3. The number of ether oxygens (including phenoxy) is 2. The number of methoxy groups -OCH3 is 1. The van der Waals surface area contributed by atoms with Crippen LogP contribution < -0.4 is 9.47 Å². The zero-order chi connectivity index (χ0) is 20.1. The molecule has 0 aliphatic rings. The Bertz CT molecular complexity index is 960. The van der Waals surface area contributed by atoms with E-state index in [1.165, 1.54) is 4.90 Å². The molecule has 146 valence electrons. The number of para-hydroxylation sites is 2. The molecule has 2 aromatic carbocycles. The molecule has 0 N–H and O–H groups in total. The topological polar surface area (TPSA) is 77.7 Å². The summed E-state index contributed by atoms with van der Waals surface area (Å²) in [5.74, 6) is 1.67. The molecular formula is C20H20BrN3O4. The summed E-state index contributed by atoms with van der Waals surface area (Å²) in [4.78, 5) is 18.5. The van der Waals surface area contributed by atoms with Gasteiger partial charge in [-0.15, -0.1) is 0 Å². The monoisotopic (exact) mass is 445 g/mol. The minimum atomic E-state index is -0.700. The summed E-state index contributed by atoms with van der Waals surface area (Å²) in [6.07, 6.45) is -0.700. The van der Waals surface area contributed by atoms with E-state index >= 15 is 0 Å². The van der Waals surface area contributed by atoms with Crippen molar-refractivity contribution in [1.82, 2.24) is 15.0 Å². The van der Waals surface area contributed by atoms with Crippen LogP contribution in [-0.4, -0.2) is 41.2 Å². The number of halogens is 1. The molecule has 0 spiro atoms. The SMILES string of the molecule is COc1ccccc1O[C@@H](C)C(=O)N(C)Cc1nc(-c2cccc(Br)c2)no1. The number of carbonyl (C=O) groups excluding carboxylic acids is 1. The molecule has 0 saturated carbocycles. The number of hydrogen-bond donors (Lipinski definition) is 0. The average Bonchev–Trinajstić information content (AvgIpc) is 3.16. The second-order valence-corrected chi connectivity index (χ2v) is 7.04. The van der Waals surface area contributed by atoms with Crippen molar-refractivity contribution in [3.8, 4) is 22.9 Å². The van der Waals surface area contributed by atoms with Gasteiger partial charge in [0.2, 0.25) is 11.7 Å². The van der Waals surface area contributed by atoms with E-state index in [1.807, 2.05) is 36.4 Å². The average molecular weight is 446 g/mol. The summed E-state index contributed by atoms with van der Waals surface area (Å²) in [5, 5.41) is 3.98. The molecule has 0 aliphatic carbocycles. The number of carbonyl (C=O) groups is 1. The van der Waals surface area contributed by atoms with Crippen LogP contribution in [0.15, 0.2) is 57.5 Å². The van der Waals surface area contributed by atoms with Crippen LogP contribution in [0.1, 0.15) is 12.8 Å². The first-order valence-corrected chi connectivity index (χ1v) is 9.40. The Balaban J connectivity index is 1.64. The maximum absolute atomic E-state index is 12.6. The summed E-state index contributed by atoms with van der Waals surface area (Å²) < 4.78 is 17.2. The minimum Gasteiger partial charge on any atom is -0.493 e. The van der Waals surface area contributed by atoms with Crippen LogP contribution in [0.4, 0.5) is 0 Å². The van der Waals surface area contributed by atoms with Gasteiger partial charge in [-0.05, 0) is 31.2 Å². The quantitative estimate of drug-likeness (QED) is 0.548. The lowest BCUT2D eigenvalue weighted by Crippen LogP contribution is -2.37. The fourth-order valence-corrected chi connectivity index (χ4v) is 3.01. The molecule has 0 saturated heterocycles. The Labute approximate surface area is 171 Å². The Hall–Kier alpha value is -2.87. The van der Waals surface area contributed by atoms with Crippen LogP contribution in [0.3, 0.4) is 0 Å². The summed E-state index contributed by atoms with van der Waals surface area (Å²) in [5.41, 5.74) is 0.825. The third kappa shape index (κ3) is 4.69. The maximum atomic E-state index is 12.6. The molecule has 1 atom stereocenters. The Morgan fingerprint density at radius 1 is 1.21 bits per heavy atom. The fourth-order valence-electron chi connectivity index (χ4n) is 2.61. The van der Waals surface area contributed by atoms with E-state index in [-0.39, 0.29) is 12.5 Å². The maximum Gasteiger partial charge on any atom is 0.263 e. The van der Waals surface area contributed by atoms with E-state index in [0.717, 1.165) is 10.0 Å². The van der Waals surface area contributed by atoms with E-state index in [0.29, 0.717) is 23.2 Å². The second-order valence-electron chi connectivity index (χ2n) is 6.13. The number of aromatic nitrogens is 2. The fraction of sp³-hybridized carbons (Fsp3) is 0.250. The minimum absolute atomic E-state index is 0.180. The molecule has 7 nitrogen and oxygen atoms in total. The van der Waals surface area contributed by atoms with Crippen molar-refractivity contribution in [2.24, 2.45) is 0 Å². The molecule has 0 unspecified atom stereocenters. The van der Waals surface area contributed by atoms with Crippen molar-refractivity contribution in [2.75, 3.05) is 14.2 Å². The standard InChI is InChI=1S/C20H20BrN3O4/c1-13(27-17-10-5-4-9-16(17)26-3)20(25)24(2)12-18-22-19(23-28-18)14-7-6-8-15(21)11-14/h4-11,13H,12H2,1-3H3/t13-/m0/s1. The molecular weight excluding hydrogens is 426 g/mol. The largest absolute Gasteiger partial charge is 0.493 e. The van der Waals surface area contributed by atoms with Gasteiger partial charge in [-0.2, -0.15) is 4.98 Å². The smallest absolute Gasteiger partial charge is 0.263 e. The summed E-state index contributed by atoms with van der Waals surface area (Å²) in [7, 11) is 3.21. The van der Waals surface area contributed by atoms with E-state index in [1.54, 1.807) is 33.2 Å². The van der Waals surface area contributed by atoms with Gasteiger partial charge in [0.25, 0.3) is 5.91 Å². The molecule has 0 bridgehead atoms. The van der Waals surface area contributed by atoms with Crippen LogP contribution in [0.2, 0.25) is 0 Å². The zero-order valence-corrected chi connectivity index (χ0v) is 17.3. The van der Waals surface area contributed by atoms with Crippen molar-refractivity contribution in [3.05, 3.63) is 58.9 Å². The van der Waals surface area contributed by atoms with Crippen LogP contribution >= 0.6 is 15.9 Å².